The van der Waals surface area contributed by atoms with Crippen molar-refractivity contribution in [2.45, 2.75) is 18.9 Å². The Morgan fingerprint density at radius 2 is 1.93 bits per heavy atom. The maximum Gasteiger partial charge on any atom is 0.279 e. The third kappa shape index (κ3) is 4.01. The molecule has 3 aromatic rings. The van der Waals surface area contributed by atoms with Crippen molar-refractivity contribution in [1.82, 2.24) is 15.8 Å². The molecule has 0 radical (unpaired) electrons. The zero-order valence-corrected chi connectivity index (χ0v) is 15.5. The average molecular weight is 397 g/mol. The van der Waals surface area contributed by atoms with Gasteiger partial charge >= 0.3 is 0 Å². The number of thiazole rings is 1. The van der Waals surface area contributed by atoms with Gasteiger partial charge in [-0.1, -0.05) is 18.2 Å². The van der Waals surface area contributed by atoms with Gasteiger partial charge in [-0.2, -0.15) is 0 Å². The molecule has 1 aliphatic heterocycles. The number of para-hydroxylation sites is 1. The molecule has 0 aliphatic carbocycles. The van der Waals surface area contributed by atoms with E-state index in [9.17, 15) is 14.0 Å². The zero-order valence-electron chi connectivity index (χ0n) is 14.6. The molecule has 0 unspecified atom stereocenters. The molecule has 1 aliphatic rings. The Balaban J connectivity index is 1.28. The van der Waals surface area contributed by atoms with Crippen LogP contribution in [0, 0.1) is 5.82 Å². The first-order valence-electron chi connectivity index (χ1n) is 8.62. The van der Waals surface area contributed by atoms with E-state index in [1.807, 2.05) is 24.3 Å². The Morgan fingerprint density at radius 1 is 1.14 bits per heavy atom. The van der Waals surface area contributed by atoms with Crippen LogP contribution >= 0.6 is 11.3 Å². The largest absolute Gasteiger partial charge is 0.480 e. The Bertz CT molecular complexity index is 995. The second-order valence-electron chi connectivity index (χ2n) is 6.28. The van der Waals surface area contributed by atoms with Crippen LogP contribution < -0.4 is 15.6 Å². The first kappa shape index (κ1) is 18.1. The second kappa shape index (κ2) is 7.77. The summed E-state index contributed by atoms with van der Waals surface area (Å²) in [6.45, 7) is 0. The number of carbonyl (C=O) groups is 2. The topological polar surface area (TPSA) is 80.3 Å². The van der Waals surface area contributed by atoms with E-state index < -0.39 is 12.0 Å². The van der Waals surface area contributed by atoms with E-state index in [0.29, 0.717) is 22.9 Å². The Hall–Kier alpha value is -3.26. The predicted octanol–water partition coefficient (Wildman–Crippen LogP) is 2.64. The number of amides is 2. The summed E-state index contributed by atoms with van der Waals surface area (Å²) >= 11 is 1.37. The standard InChI is InChI=1S/C20H16FN3O3S/c21-14-7-5-12(6-8-14)20-22-15(11-28-20)10-18(25)23-24-19(26)17-9-13-3-1-2-4-16(13)27-17/h1-8,11,17H,9-10H2,(H,23,25)(H,24,26)/t17-/m1/s1. The summed E-state index contributed by atoms with van der Waals surface area (Å²) in [6, 6.07) is 13.4. The van der Waals surface area contributed by atoms with E-state index in [4.69, 9.17) is 4.74 Å². The minimum atomic E-state index is -0.665. The van der Waals surface area contributed by atoms with Gasteiger partial charge in [-0.25, -0.2) is 9.37 Å². The summed E-state index contributed by atoms with van der Waals surface area (Å²) in [6.07, 6.45) is -0.184. The van der Waals surface area contributed by atoms with Crippen molar-refractivity contribution in [2.24, 2.45) is 0 Å². The number of halogens is 1. The Kier molecular flexibility index (Phi) is 5.03. The molecule has 2 amide bonds. The van der Waals surface area contributed by atoms with Crippen molar-refractivity contribution in [1.29, 1.82) is 0 Å². The Labute approximate surface area is 164 Å². The number of rotatable bonds is 4. The number of hydrazine groups is 1. The van der Waals surface area contributed by atoms with Crippen LogP contribution in [-0.2, 0) is 22.4 Å². The normalized spacial score (nSPS) is 14.8. The fourth-order valence-electron chi connectivity index (χ4n) is 2.86. The number of carbonyl (C=O) groups excluding carboxylic acids is 2. The van der Waals surface area contributed by atoms with Gasteiger partial charge in [-0.15, -0.1) is 11.3 Å². The molecule has 4 rings (SSSR count). The number of nitrogens with one attached hydrogen (secondary N) is 2. The molecule has 1 aromatic heterocycles. The lowest BCUT2D eigenvalue weighted by molar-refractivity contribution is -0.132. The van der Waals surface area contributed by atoms with Crippen molar-refractivity contribution in [3.63, 3.8) is 0 Å². The van der Waals surface area contributed by atoms with Crippen LogP contribution in [0.1, 0.15) is 11.3 Å². The van der Waals surface area contributed by atoms with Crippen LogP contribution in [0.25, 0.3) is 10.6 Å². The van der Waals surface area contributed by atoms with Crippen molar-refractivity contribution < 1.29 is 18.7 Å². The van der Waals surface area contributed by atoms with Crippen LogP contribution in [0.4, 0.5) is 4.39 Å². The summed E-state index contributed by atoms with van der Waals surface area (Å²) in [5.41, 5.74) is 7.10. The third-order valence-corrected chi connectivity index (χ3v) is 5.19. The fourth-order valence-corrected chi connectivity index (χ4v) is 3.69. The number of benzene rings is 2. The molecule has 0 fully saturated rings. The number of ether oxygens (including phenoxy) is 1. The van der Waals surface area contributed by atoms with Crippen molar-refractivity contribution >= 4 is 23.2 Å². The molecule has 2 aromatic carbocycles. The number of hydrogen-bond donors (Lipinski definition) is 2. The molecular formula is C20H16FN3O3S. The molecule has 8 heteroatoms. The van der Waals surface area contributed by atoms with E-state index in [-0.39, 0.29) is 18.1 Å². The highest BCUT2D eigenvalue weighted by Crippen LogP contribution is 2.28. The van der Waals surface area contributed by atoms with Gasteiger partial charge in [0.15, 0.2) is 6.10 Å². The van der Waals surface area contributed by atoms with Crippen molar-refractivity contribution in [3.8, 4) is 16.3 Å². The number of aromatic nitrogens is 1. The van der Waals surface area contributed by atoms with E-state index in [2.05, 4.69) is 15.8 Å². The fraction of sp³-hybridized carbons (Fsp3) is 0.150. The van der Waals surface area contributed by atoms with E-state index in [1.54, 1.807) is 17.5 Å². The lowest BCUT2D eigenvalue weighted by Gasteiger charge is -2.11. The summed E-state index contributed by atoms with van der Waals surface area (Å²) < 4.78 is 18.6. The van der Waals surface area contributed by atoms with Gasteiger partial charge in [0, 0.05) is 17.4 Å². The van der Waals surface area contributed by atoms with Gasteiger partial charge in [-0.05, 0) is 35.9 Å². The van der Waals surface area contributed by atoms with Crippen LogP contribution in [0.5, 0.6) is 5.75 Å². The van der Waals surface area contributed by atoms with Crippen LogP contribution in [-0.4, -0.2) is 22.9 Å². The van der Waals surface area contributed by atoms with Crippen molar-refractivity contribution in [3.05, 3.63) is 71.0 Å². The highest BCUT2D eigenvalue weighted by atomic mass is 32.1. The highest BCUT2D eigenvalue weighted by molar-refractivity contribution is 7.13. The monoisotopic (exact) mass is 397 g/mol. The number of fused-ring (bicyclic) bond motifs is 1. The lowest BCUT2D eigenvalue weighted by Crippen LogP contribution is -2.48. The summed E-state index contributed by atoms with van der Waals surface area (Å²) in [7, 11) is 0. The number of hydrogen-bond acceptors (Lipinski definition) is 5. The molecule has 0 bridgehead atoms. The zero-order chi connectivity index (χ0) is 19.5. The maximum absolute atomic E-state index is 13.0. The van der Waals surface area contributed by atoms with E-state index in [0.717, 1.165) is 11.1 Å². The Morgan fingerprint density at radius 3 is 2.71 bits per heavy atom. The number of nitrogens with zero attached hydrogens (tertiary/aromatic N) is 1. The van der Waals surface area contributed by atoms with Gasteiger partial charge in [0.1, 0.15) is 16.6 Å². The van der Waals surface area contributed by atoms with Crippen molar-refractivity contribution in [2.75, 3.05) is 0 Å². The minimum Gasteiger partial charge on any atom is -0.480 e. The third-order valence-electron chi connectivity index (χ3n) is 4.25. The summed E-state index contributed by atoms with van der Waals surface area (Å²) in [4.78, 5) is 28.7. The quantitative estimate of drug-likeness (QED) is 0.664. The van der Waals surface area contributed by atoms with Gasteiger partial charge in [0.25, 0.3) is 5.91 Å². The van der Waals surface area contributed by atoms with Crippen LogP contribution in [0.15, 0.2) is 53.9 Å². The molecule has 0 saturated carbocycles. The first-order chi connectivity index (χ1) is 13.6. The molecule has 0 spiro atoms. The van der Waals surface area contributed by atoms with E-state index in [1.165, 1.54) is 23.5 Å². The minimum absolute atomic E-state index is 0.0176. The van der Waals surface area contributed by atoms with E-state index >= 15 is 0 Å². The highest BCUT2D eigenvalue weighted by Gasteiger charge is 2.28. The van der Waals surface area contributed by atoms with Gasteiger partial charge in [0.2, 0.25) is 5.91 Å². The predicted molar refractivity (Wildman–Crippen MR) is 102 cm³/mol. The molecule has 2 heterocycles. The van der Waals surface area contributed by atoms with Crippen LogP contribution in [0.3, 0.4) is 0 Å². The van der Waals surface area contributed by atoms with Crippen LogP contribution in [0.2, 0.25) is 0 Å². The summed E-state index contributed by atoms with van der Waals surface area (Å²) in [5.74, 6) is -0.426. The molecule has 1 atom stereocenters. The molecule has 6 nitrogen and oxygen atoms in total. The molecular weight excluding hydrogens is 381 g/mol. The van der Waals surface area contributed by atoms with Gasteiger partial charge in [-0.3, -0.25) is 20.4 Å². The second-order valence-corrected chi connectivity index (χ2v) is 7.14. The first-order valence-corrected chi connectivity index (χ1v) is 9.50. The molecule has 28 heavy (non-hydrogen) atoms. The SMILES string of the molecule is O=C(Cc1csc(-c2ccc(F)cc2)n1)NNC(=O)[C@H]1Cc2ccccc2O1. The summed E-state index contributed by atoms with van der Waals surface area (Å²) in [5, 5.41) is 2.46. The van der Waals surface area contributed by atoms with Gasteiger partial charge < -0.3 is 4.74 Å². The molecule has 0 saturated heterocycles. The molecule has 142 valence electrons. The molecule has 2 N–H and O–H groups in total. The lowest BCUT2D eigenvalue weighted by atomic mass is 10.1. The maximum atomic E-state index is 13.0. The average Bonchev–Trinajstić information content (AvgIpc) is 3.33. The smallest absolute Gasteiger partial charge is 0.279 e. The van der Waals surface area contributed by atoms with Gasteiger partial charge in [0.05, 0.1) is 12.1 Å².